The fourth-order valence-electron chi connectivity index (χ4n) is 2.73. The summed E-state index contributed by atoms with van der Waals surface area (Å²) in [5, 5.41) is 3.26. The molecule has 0 atom stereocenters. The summed E-state index contributed by atoms with van der Waals surface area (Å²) in [5.41, 5.74) is 5.00. The van der Waals surface area contributed by atoms with E-state index in [0.717, 1.165) is 11.5 Å². The maximum Gasteiger partial charge on any atom is 0.0927 e. The number of thiophene rings is 1. The molecule has 2 aromatic rings. The Bertz CT molecular complexity index is 775. The van der Waals surface area contributed by atoms with Crippen LogP contribution >= 0.6 is 35.0 Å². The van der Waals surface area contributed by atoms with E-state index in [1.54, 1.807) is 23.7 Å². The summed E-state index contributed by atoms with van der Waals surface area (Å²) in [6.45, 7) is 6.54. The van der Waals surface area contributed by atoms with Crippen molar-refractivity contribution in [1.29, 1.82) is 0 Å². The molecule has 0 saturated carbocycles. The van der Waals surface area contributed by atoms with Crippen molar-refractivity contribution in [2.24, 2.45) is 4.99 Å². The van der Waals surface area contributed by atoms with Crippen LogP contribution < -0.4 is 4.31 Å². The van der Waals surface area contributed by atoms with Gasteiger partial charge in [0.15, 0.2) is 0 Å². The Labute approximate surface area is 164 Å². The molecule has 134 valence electrons. The lowest BCUT2D eigenvalue weighted by molar-refractivity contribution is 1.13. The highest BCUT2D eigenvalue weighted by molar-refractivity contribution is 8.13. The molecule has 25 heavy (non-hydrogen) atoms. The standard InChI is InChI=1S/C20H26N2S3/c1-7-18-19(11-12-24-18)25-22(5)17-10-8-9-16(15(17)3)13-14(2)20(21-4)23-6/h8-13H,7H2,1-6H3/b14-13+,21-20?. The van der Waals surface area contributed by atoms with Crippen molar-refractivity contribution in [3.63, 3.8) is 0 Å². The highest BCUT2D eigenvalue weighted by Crippen LogP contribution is 2.35. The van der Waals surface area contributed by atoms with E-state index in [2.05, 4.69) is 79.1 Å². The van der Waals surface area contributed by atoms with Crippen molar-refractivity contribution in [1.82, 2.24) is 0 Å². The maximum absolute atomic E-state index is 4.36. The minimum absolute atomic E-state index is 1.08. The summed E-state index contributed by atoms with van der Waals surface area (Å²) in [7, 11) is 3.99. The topological polar surface area (TPSA) is 15.6 Å². The van der Waals surface area contributed by atoms with E-state index in [1.165, 1.54) is 32.2 Å². The highest BCUT2D eigenvalue weighted by Gasteiger charge is 2.12. The monoisotopic (exact) mass is 390 g/mol. The molecule has 0 unspecified atom stereocenters. The molecule has 0 amide bonds. The number of rotatable bonds is 6. The van der Waals surface area contributed by atoms with E-state index in [-0.39, 0.29) is 0 Å². The molecule has 0 aliphatic rings. The summed E-state index contributed by atoms with van der Waals surface area (Å²) >= 11 is 5.33. The summed E-state index contributed by atoms with van der Waals surface area (Å²) in [6.07, 6.45) is 5.39. The number of aliphatic imine (C=N–C) groups is 1. The van der Waals surface area contributed by atoms with E-state index in [0.29, 0.717) is 0 Å². The predicted octanol–water partition coefficient (Wildman–Crippen LogP) is 6.56. The van der Waals surface area contributed by atoms with Gasteiger partial charge in [0.05, 0.1) is 10.7 Å². The van der Waals surface area contributed by atoms with Gasteiger partial charge in [-0.1, -0.05) is 19.1 Å². The second kappa shape index (κ2) is 9.51. The molecule has 2 nitrogen and oxygen atoms in total. The second-order valence-corrected chi connectivity index (χ2v) is 8.67. The Balaban J connectivity index is 2.30. The van der Waals surface area contributed by atoms with Crippen LogP contribution in [0.1, 0.15) is 29.9 Å². The van der Waals surface area contributed by atoms with Gasteiger partial charge in [-0.2, -0.15) is 0 Å². The molecule has 0 radical (unpaired) electrons. The molecule has 5 heteroatoms. The number of aryl methyl sites for hydroxylation is 1. The summed E-state index contributed by atoms with van der Waals surface area (Å²) in [4.78, 5) is 7.16. The van der Waals surface area contributed by atoms with E-state index in [1.807, 2.05) is 18.4 Å². The van der Waals surface area contributed by atoms with Crippen molar-refractivity contribution in [3.05, 3.63) is 51.2 Å². The number of hydrogen-bond acceptors (Lipinski definition) is 5. The molecule has 0 bridgehead atoms. The predicted molar refractivity (Wildman–Crippen MR) is 120 cm³/mol. The summed E-state index contributed by atoms with van der Waals surface area (Å²) in [6, 6.07) is 8.72. The first-order chi connectivity index (χ1) is 12.0. The minimum Gasteiger partial charge on any atom is -0.315 e. The van der Waals surface area contributed by atoms with Gasteiger partial charge >= 0.3 is 0 Å². The van der Waals surface area contributed by atoms with Gasteiger partial charge in [0, 0.05) is 23.9 Å². The molecule has 0 fully saturated rings. The van der Waals surface area contributed by atoms with Gasteiger partial charge in [-0.15, -0.1) is 23.1 Å². The van der Waals surface area contributed by atoms with Crippen LogP contribution in [-0.2, 0) is 6.42 Å². The van der Waals surface area contributed by atoms with Crippen molar-refractivity contribution in [3.8, 4) is 0 Å². The SMILES string of the molecule is CCc1sccc1SN(C)c1cccc(/C=C(\C)C(=NC)SC)c1C. The first-order valence-electron chi connectivity index (χ1n) is 8.28. The average Bonchev–Trinajstić information content (AvgIpc) is 3.04. The first kappa shape index (κ1) is 20.1. The zero-order valence-corrected chi connectivity index (χ0v) is 18.2. The Morgan fingerprint density at radius 3 is 2.72 bits per heavy atom. The number of thioether (sulfide) groups is 1. The molecule has 0 spiro atoms. The van der Waals surface area contributed by atoms with Gasteiger partial charge in [0.1, 0.15) is 0 Å². The molecule has 0 N–H and O–H groups in total. The summed E-state index contributed by atoms with van der Waals surface area (Å²) < 4.78 is 2.27. The number of hydrogen-bond donors (Lipinski definition) is 0. The van der Waals surface area contributed by atoms with Gasteiger partial charge in [0.2, 0.25) is 0 Å². The van der Waals surface area contributed by atoms with E-state index >= 15 is 0 Å². The number of anilines is 1. The van der Waals surface area contributed by atoms with E-state index < -0.39 is 0 Å². The second-order valence-electron chi connectivity index (χ2n) is 5.70. The molecule has 1 heterocycles. The van der Waals surface area contributed by atoms with Crippen LogP contribution in [0.3, 0.4) is 0 Å². The molecule has 0 saturated heterocycles. The zero-order chi connectivity index (χ0) is 18.4. The Hall–Kier alpha value is -1.17. The smallest absolute Gasteiger partial charge is 0.0927 e. The normalized spacial score (nSPS) is 12.6. The Morgan fingerprint density at radius 1 is 1.32 bits per heavy atom. The third-order valence-electron chi connectivity index (χ3n) is 4.05. The lowest BCUT2D eigenvalue weighted by atomic mass is 10.0. The van der Waals surface area contributed by atoms with Crippen LogP contribution in [0, 0.1) is 6.92 Å². The van der Waals surface area contributed by atoms with Crippen LogP contribution in [0.4, 0.5) is 5.69 Å². The number of benzene rings is 1. The highest BCUT2D eigenvalue weighted by atomic mass is 32.2. The van der Waals surface area contributed by atoms with Gasteiger partial charge in [-0.3, -0.25) is 4.99 Å². The Morgan fingerprint density at radius 2 is 2.08 bits per heavy atom. The molecule has 2 rings (SSSR count). The van der Waals surface area contributed by atoms with Crippen LogP contribution in [0.2, 0.25) is 0 Å². The van der Waals surface area contributed by atoms with Crippen molar-refractivity contribution >= 4 is 51.9 Å². The van der Waals surface area contributed by atoms with Gasteiger partial charge < -0.3 is 4.31 Å². The molecular formula is C20H26N2S3. The fourth-order valence-corrected chi connectivity index (χ4v) is 5.32. The van der Waals surface area contributed by atoms with Gasteiger partial charge in [-0.05, 0) is 78.8 Å². The number of nitrogens with zero attached hydrogens (tertiary/aromatic N) is 2. The van der Waals surface area contributed by atoms with Crippen molar-refractivity contribution in [2.45, 2.75) is 32.1 Å². The van der Waals surface area contributed by atoms with E-state index in [4.69, 9.17) is 0 Å². The quantitative estimate of drug-likeness (QED) is 0.316. The molecule has 1 aromatic carbocycles. The van der Waals surface area contributed by atoms with Gasteiger partial charge in [-0.25, -0.2) is 0 Å². The molecule has 0 aliphatic carbocycles. The third-order valence-corrected chi connectivity index (χ3v) is 7.19. The largest absolute Gasteiger partial charge is 0.315 e. The van der Waals surface area contributed by atoms with Crippen LogP contribution in [0.15, 0.2) is 45.1 Å². The fraction of sp³-hybridized carbons (Fsp3) is 0.350. The van der Waals surface area contributed by atoms with Crippen molar-refractivity contribution < 1.29 is 0 Å². The first-order valence-corrected chi connectivity index (χ1v) is 11.2. The van der Waals surface area contributed by atoms with Crippen LogP contribution in [0.25, 0.3) is 6.08 Å². The van der Waals surface area contributed by atoms with E-state index in [9.17, 15) is 0 Å². The van der Waals surface area contributed by atoms with Crippen molar-refractivity contribution in [2.75, 3.05) is 24.7 Å². The summed E-state index contributed by atoms with van der Waals surface area (Å²) in [5.74, 6) is 0. The van der Waals surface area contributed by atoms with Crippen LogP contribution in [-0.4, -0.2) is 25.4 Å². The van der Waals surface area contributed by atoms with Crippen LogP contribution in [0.5, 0.6) is 0 Å². The minimum atomic E-state index is 1.08. The molecule has 1 aromatic heterocycles. The lowest BCUT2D eigenvalue weighted by Gasteiger charge is -2.21. The average molecular weight is 391 g/mol. The molecular weight excluding hydrogens is 364 g/mol. The Kier molecular flexibility index (Phi) is 7.66. The maximum atomic E-state index is 4.36. The third kappa shape index (κ3) is 4.93. The zero-order valence-electron chi connectivity index (χ0n) is 15.8. The molecule has 0 aliphatic heterocycles. The van der Waals surface area contributed by atoms with Gasteiger partial charge in [0.25, 0.3) is 0 Å². The lowest BCUT2D eigenvalue weighted by Crippen LogP contribution is -2.08.